The predicted octanol–water partition coefficient (Wildman–Crippen LogP) is 3.53. The highest BCUT2D eigenvalue weighted by atomic mass is 35.5. The van der Waals surface area contributed by atoms with Crippen molar-refractivity contribution in [1.82, 2.24) is 9.38 Å². The second kappa shape index (κ2) is 4.87. The molecule has 3 aromatic rings. The van der Waals surface area contributed by atoms with E-state index in [-0.39, 0.29) is 0 Å². The first kappa shape index (κ1) is 12.5. The summed E-state index contributed by atoms with van der Waals surface area (Å²) in [5, 5.41) is 9.40. The van der Waals surface area contributed by atoms with Gasteiger partial charge in [0.15, 0.2) is 0 Å². The Morgan fingerprint density at radius 3 is 2.70 bits per heavy atom. The molecule has 4 nitrogen and oxygen atoms in total. The molecule has 5 heteroatoms. The van der Waals surface area contributed by atoms with Crippen LogP contribution in [0.5, 0.6) is 5.75 Å². The van der Waals surface area contributed by atoms with Gasteiger partial charge in [-0.15, -0.1) is 0 Å². The molecule has 3 rings (SSSR count). The van der Waals surface area contributed by atoms with Crippen molar-refractivity contribution in [1.29, 1.82) is 5.26 Å². The van der Waals surface area contributed by atoms with Crippen molar-refractivity contribution in [2.45, 2.75) is 0 Å². The second-order valence-electron chi connectivity index (χ2n) is 4.26. The molecule has 0 aliphatic rings. The fourth-order valence-electron chi connectivity index (χ4n) is 2.12. The van der Waals surface area contributed by atoms with Gasteiger partial charge < -0.3 is 4.74 Å². The average molecular weight is 284 g/mol. The third-order valence-electron chi connectivity index (χ3n) is 3.15. The zero-order valence-corrected chi connectivity index (χ0v) is 11.4. The molecule has 0 N–H and O–H groups in total. The maximum absolute atomic E-state index is 8.84. The molecular weight excluding hydrogens is 274 g/mol. The van der Waals surface area contributed by atoms with E-state index < -0.39 is 0 Å². The van der Waals surface area contributed by atoms with Crippen molar-refractivity contribution in [3.63, 3.8) is 0 Å². The minimum absolute atomic E-state index is 0.558. The Labute approximate surface area is 120 Å². The molecule has 0 saturated heterocycles. The zero-order valence-electron chi connectivity index (χ0n) is 10.7. The summed E-state index contributed by atoms with van der Waals surface area (Å²) in [6.45, 7) is 0. The molecule has 0 atom stereocenters. The van der Waals surface area contributed by atoms with E-state index in [1.807, 2.05) is 18.2 Å². The Morgan fingerprint density at radius 1 is 1.30 bits per heavy atom. The van der Waals surface area contributed by atoms with Gasteiger partial charge >= 0.3 is 0 Å². The average Bonchev–Trinajstić information content (AvgIpc) is 2.98. The Balaban J connectivity index is 2.24. The smallest absolute Gasteiger partial charge is 0.145 e. The fraction of sp³-hybridized carbons (Fsp3) is 0.0667. The first-order valence-electron chi connectivity index (χ1n) is 5.93. The summed E-state index contributed by atoms with van der Waals surface area (Å²) < 4.78 is 7.15. The minimum Gasteiger partial charge on any atom is -0.494 e. The molecule has 0 saturated carbocycles. The summed E-state index contributed by atoms with van der Waals surface area (Å²) >= 11 is 6.42. The number of fused-ring (bicyclic) bond motifs is 1. The maximum atomic E-state index is 8.84. The van der Waals surface area contributed by atoms with Crippen LogP contribution in [-0.2, 0) is 0 Å². The number of nitriles is 1. The maximum Gasteiger partial charge on any atom is 0.145 e. The lowest BCUT2D eigenvalue weighted by Crippen LogP contribution is -1.94. The van der Waals surface area contributed by atoms with Crippen LogP contribution in [0.25, 0.3) is 16.6 Å². The lowest BCUT2D eigenvalue weighted by Gasteiger charge is -2.11. The molecule has 0 fully saturated rings. The van der Waals surface area contributed by atoms with Gasteiger partial charge in [-0.1, -0.05) is 23.7 Å². The van der Waals surface area contributed by atoms with Crippen molar-refractivity contribution in [2.75, 3.05) is 7.11 Å². The Morgan fingerprint density at radius 2 is 2.05 bits per heavy atom. The summed E-state index contributed by atoms with van der Waals surface area (Å²) in [4.78, 5) is 4.09. The molecule has 2 aromatic heterocycles. The van der Waals surface area contributed by atoms with Crippen molar-refractivity contribution in [3.8, 4) is 22.9 Å². The van der Waals surface area contributed by atoms with E-state index in [0.717, 1.165) is 16.6 Å². The highest BCUT2D eigenvalue weighted by Crippen LogP contribution is 2.34. The lowest BCUT2D eigenvalue weighted by atomic mass is 10.1. The molecule has 0 unspecified atom stereocenters. The van der Waals surface area contributed by atoms with Gasteiger partial charge in [0, 0.05) is 5.56 Å². The normalized spacial score (nSPS) is 10.4. The number of halogens is 1. The molecule has 1 aromatic carbocycles. The molecule has 0 bridgehead atoms. The van der Waals surface area contributed by atoms with Gasteiger partial charge in [0.2, 0.25) is 0 Å². The highest BCUT2D eigenvalue weighted by molar-refractivity contribution is 6.32. The van der Waals surface area contributed by atoms with Crippen molar-refractivity contribution >= 4 is 17.1 Å². The molecule has 2 heterocycles. The van der Waals surface area contributed by atoms with Gasteiger partial charge in [0.25, 0.3) is 0 Å². The number of hydrogen-bond acceptors (Lipinski definition) is 3. The number of pyridine rings is 1. The van der Waals surface area contributed by atoms with Crippen LogP contribution >= 0.6 is 11.6 Å². The molecule has 0 spiro atoms. The minimum atomic E-state index is 0.558. The van der Waals surface area contributed by atoms with Gasteiger partial charge in [-0.3, -0.25) is 4.40 Å². The third kappa shape index (κ3) is 1.89. The first-order chi connectivity index (χ1) is 9.74. The van der Waals surface area contributed by atoms with Gasteiger partial charge in [-0.05, 0) is 23.8 Å². The number of ether oxygens (including phenoxy) is 1. The lowest BCUT2D eigenvalue weighted by molar-refractivity contribution is 0.418. The van der Waals surface area contributed by atoms with Crippen LogP contribution in [0.15, 0.2) is 42.9 Å². The van der Waals surface area contributed by atoms with E-state index in [0.29, 0.717) is 16.5 Å². The number of hydrogen-bond donors (Lipinski definition) is 0. The SMILES string of the molecule is COc1cc(-c2ccc(C#N)cc2)c(Cl)n2cncc12. The Kier molecular flexibility index (Phi) is 3.05. The summed E-state index contributed by atoms with van der Waals surface area (Å²) in [6, 6.07) is 11.2. The zero-order chi connectivity index (χ0) is 14.1. The molecule has 0 amide bonds. The van der Waals surface area contributed by atoms with Crippen LogP contribution in [0, 0.1) is 11.3 Å². The van der Waals surface area contributed by atoms with E-state index in [4.69, 9.17) is 21.6 Å². The summed E-state index contributed by atoms with van der Waals surface area (Å²) in [7, 11) is 1.61. The number of imidazole rings is 1. The molecule has 20 heavy (non-hydrogen) atoms. The van der Waals surface area contributed by atoms with E-state index in [9.17, 15) is 0 Å². The number of benzene rings is 1. The van der Waals surface area contributed by atoms with E-state index >= 15 is 0 Å². The largest absolute Gasteiger partial charge is 0.494 e. The molecular formula is C15H10ClN3O. The second-order valence-corrected chi connectivity index (χ2v) is 4.61. The number of aromatic nitrogens is 2. The summed E-state index contributed by atoms with van der Waals surface area (Å²) in [5.74, 6) is 0.700. The monoisotopic (exact) mass is 283 g/mol. The van der Waals surface area contributed by atoms with Gasteiger partial charge in [-0.2, -0.15) is 5.26 Å². The molecule has 0 radical (unpaired) electrons. The summed E-state index contributed by atoms with van der Waals surface area (Å²) in [5.41, 5.74) is 3.18. The van der Waals surface area contributed by atoms with Crippen LogP contribution in [0.3, 0.4) is 0 Å². The predicted molar refractivity (Wildman–Crippen MR) is 76.9 cm³/mol. The number of rotatable bonds is 2. The molecule has 98 valence electrons. The van der Waals surface area contributed by atoms with Crippen LogP contribution in [-0.4, -0.2) is 16.5 Å². The van der Waals surface area contributed by atoms with Gasteiger partial charge in [-0.25, -0.2) is 4.98 Å². The van der Waals surface area contributed by atoms with E-state index in [1.165, 1.54) is 0 Å². The molecule has 0 aliphatic carbocycles. The first-order valence-corrected chi connectivity index (χ1v) is 6.31. The van der Waals surface area contributed by atoms with E-state index in [2.05, 4.69) is 11.1 Å². The van der Waals surface area contributed by atoms with Crippen LogP contribution in [0.4, 0.5) is 0 Å². The van der Waals surface area contributed by atoms with Crippen molar-refractivity contribution in [3.05, 3.63) is 53.6 Å². The quantitative estimate of drug-likeness (QED) is 0.676. The summed E-state index contributed by atoms with van der Waals surface area (Å²) in [6.07, 6.45) is 3.35. The Bertz CT molecular complexity index is 815. The van der Waals surface area contributed by atoms with Crippen LogP contribution < -0.4 is 4.74 Å². The topological polar surface area (TPSA) is 50.3 Å². The number of methoxy groups -OCH3 is 1. The number of nitrogens with zero attached hydrogens (tertiary/aromatic N) is 3. The standard InChI is InChI=1S/C15H10ClN3O/c1-20-14-6-12(11-4-2-10(7-17)3-5-11)15(16)19-9-18-8-13(14)19/h2-6,8-9H,1H3. The third-order valence-corrected chi connectivity index (χ3v) is 3.53. The van der Waals surface area contributed by atoms with Gasteiger partial charge in [0.05, 0.1) is 24.9 Å². The van der Waals surface area contributed by atoms with Gasteiger partial charge in [0.1, 0.15) is 22.7 Å². The fourth-order valence-corrected chi connectivity index (χ4v) is 2.42. The molecule has 0 aliphatic heterocycles. The highest BCUT2D eigenvalue weighted by Gasteiger charge is 2.12. The van der Waals surface area contributed by atoms with Crippen LogP contribution in [0.2, 0.25) is 5.15 Å². The van der Waals surface area contributed by atoms with E-state index in [1.54, 1.807) is 36.2 Å². The van der Waals surface area contributed by atoms with Crippen LogP contribution in [0.1, 0.15) is 5.56 Å². The van der Waals surface area contributed by atoms with Crippen molar-refractivity contribution in [2.24, 2.45) is 0 Å². The Hall–Kier alpha value is -2.51. The van der Waals surface area contributed by atoms with Crippen molar-refractivity contribution < 1.29 is 4.74 Å².